The van der Waals surface area contributed by atoms with Gasteiger partial charge in [-0.1, -0.05) is 0 Å². The van der Waals surface area contributed by atoms with E-state index < -0.39 is 5.97 Å². The topological polar surface area (TPSA) is 69.6 Å². The normalized spacial score (nSPS) is 11.9. The first-order chi connectivity index (χ1) is 7.99. The quantitative estimate of drug-likeness (QED) is 0.652. The standard InChI is InChI=1S/C11H22N2O3S/c1-9(8-17-3)13(2)11(16)12-7-5-4-6-10(14)15/h9H,4-8H2,1-3H3,(H,12,16)(H,14,15). The van der Waals surface area contributed by atoms with Gasteiger partial charge in [0.2, 0.25) is 0 Å². The minimum absolute atomic E-state index is 0.0955. The Bertz CT molecular complexity index is 249. The maximum Gasteiger partial charge on any atom is 0.317 e. The smallest absolute Gasteiger partial charge is 0.317 e. The summed E-state index contributed by atoms with van der Waals surface area (Å²) in [6.45, 7) is 2.53. The minimum atomic E-state index is -0.790. The van der Waals surface area contributed by atoms with Crippen LogP contribution in [-0.2, 0) is 4.79 Å². The summed E-state index contributed by atoms with van der Waals surface area (Å²) in [6, 6.07) is 0.103. The first kappa shape index (κ1) is 16.1. The second-order valence-corrected chi connectivity index (χ2v) is 4.91. The number of hydrogen-bond acceptors (Lipinski definition) is 3. The highest BCUT2D eigenvalue weighted by atomic mass is 32.2. The van der Waals surface area contributed by atoms with Crippen molar-refractivity contribution in [2.24, 2.45) is 0 Å². The van der Waals surface area contributed by atoms with Crippen LogP contribution in [0.3, 0.4) is 0 Å². The summed E-state index contributed by atoms with van der Waals surface area (Å²) in [6.07, 6.45) is 3.46. The molecule has 5 nitrogen and oxygen atoms in total. The SMILES string of the molecule is CSCC(C)N(C)C(=O)NCCCCC(=O)O. The Morgan fingerprint density at radius 3 is 2.59 bits per heavy atom. The summed E-state index contributed by atoms with van der Waals surface area (Å²) in [4.78, 5) is 23.6. The van der Waals surface area contributed by atoms with Crippen molar-refractivity contribution in [3.8, 4) is 0 Å². The first-order valence-corrected chi connectivity index (χ1v) is 7.09. The molecule has 0 rings (SSSR count). The minimum Gasteiger partial charge on any atom is -0.481 e. The molecule has 0 aromatic rings. The van der Waals surface area contributed by atoms with Gasteiger partial charge in [-0.3, -0.25) is 4.79 Å². The van der Waals surface area contributed by atoms with Crippen molar-refractivity contribution >= 4 is 23.8 Å². The van der Waals surface area contributed by atoms with Crippen LogP contribution in [0.2, 0.25) is 0 Å². The van der Waals surface area contributed by atoms with Crippen molar-refractivity contribution in [2.75, 3.05) is 25.6 Å². The predicted molar refractivity (Wildman–Crippen MR) is 70.5 cm³/mol. The van der Waals surface area contributed by atoms with Crippen LogP contribution < -0.4 is 5.32 Å². The zero-order chi connectivity index (χ0) is 13.3. The van der Waals surface area contributed by atoms with E-state index in [1.807, 2.05) is 13.2 Å². The second kappa shape index (κ2) is 9.15. The molecule has 6 heteroatoms. The summed E-state index contributed by atoms with van der Waals surface area (Å²) in [7, 11) is 1.77. The Labute approximate surface area is 107 Å². The first-order valence-electron chi connectivity index (χ1n) is 5.70. The zero-order valence-corrected chi connectivity index (χ0v) is 11.5. The molecule has 0 radical (unpaired) electrons. The number of unbranched alkanes of at least 4 members (excludes halogenated alkanes) is 1. The van der Waals surface area contributed by atoms with Gasteiger partial charge in [-0.15, -0.1) is 0 Å². The molecular formula is C11H22N2O3S. The van der Waals surface area contributed by atoms with Crippen LogP contribution in [-0.4, -0.2) is 53.6 Å². The molecule has 0 spiro atoms. The highest BCUT2D eigenvalue weighted by molar-refractivity contribution is 7.98. The highest BCUT2D eigenvalue weighted by Crippen LogP contribution is 2.03. The van der Waals surface area contributed by atoms with Crippen molar-refractivity contribution < 1.29 is 14.7 Å². The summed E-state index contributed by atoms with van der Waals surface area (Å²) in [5.41, 5.74) is 0. The summed E-state index contributed by atoms with van der Waals surface area (Å²) in [5, 5.41) is 11.2. The average molecular weight is 262 g/mol. The number of aliphatic carboxylic acids is 1. The molecule has 0 saturated heterocycles. The van der Waals surface area contributed by atoms with Gasteiger partial charge < -0.3 is 15.3 Å². The van der Waals surface area contributed by atoms with E-state index in [0.717, 1.165) is 5.75 Å². The molecule has 17 heavy (non-hydrogen) atoms. The second-order valence-electron chi connectivity index (χ2n) is 4.00. The third-order valence-corrected chi connectivity index (χ3v) is 3.30. The van der Waals surface area contributed by atoms with Gasteiger partial charge in [-0.05, 0) is 26.0 Å². The van der Waals surface area contributed by atoms with Gasteiger partial charge in [0.1, 0.15) is 0 Å². The Morgan fingerprint density at radius 1 is 1.41 bits per heavy atom. The van der Waals surface area contributed by atoms with E-state index in [9.17, 15) is 9.59 Å². The van der Waals surface area contributed by atoms with Crippen molar-refractivity contribution in [3.05, 3.63) is 0 Å². The van der Waals surface area contributed by atoms with Crippen molar-refractivity contribution in [1.82, 2.24) is 10.2 Å². The number of carbonyl (C=O) groups excluding carboxylic acids is 1. The molecule has 0 aliphatic rings. The zero-order valence-electron chi connectivity index (χ0n) is 10.7. The van der Waals surface area contributed by atoms with Gasteiger partial charge in [0.05, 0.1) is 0 Å². The lowest BCUT2D eigenvalue weighted by Gasteiger charge is -2.24. The summed E-state index contributed by atoms with van der Waals surface area (Å²) in [5.74, 6) is 0.116. The van der Waals surface area contributed by atoms with Crippen LogP contribution in [0.15, 0.2) is 0 Å². The number of hydrogen-bond donors (Lipinski definition) is 2. The lowest BCUT2D eigenvalue weighted by molar-refractivity contribution is -0.137. The molecule has 0 saturated carbocycles. The van der Waals surface area contributed by atoms with E-state index in [4.69, 9.17) is 5.11 Å². The number of carboxylic acids is 1. The van der Waals surface area contributed by atoms with Crippen molar-refractivity contribution in [3.63, 3.8) is 0 Å². The fraction of sp³-hybridized carbons (Fsp3) is 0.818. The lowest BCUT2D eigenvalue weighted by atomic mass is 10.2. The van der Waals surface area contributed by atoms with Crippen LogP contribution in [0.4, 0.5) is 4.79 Å². The number of rotatable bonds is 8. The monoisotopic (exact) mass is 262 g/mol. The highest BCUT2D eigenvalue weighted by Gasteiger charge is 2.14. The third-order valence-electron chi connectivity index (χ3n) is 2.48. The van der Waals surface area contributed by atoms with Gasteiger partial charge >= 0.3 is 12.0 Å². The van der Waals surface area contributed by atoms with E-state index >= 15 is 0 Å². The lowest BCUT2D eigenvalue weighted by Crippen LogP contribution is -2.43. The molecule has 100 valence electrons. The van der Waals surface area contributed by atoms with Gasteiger partial charge in [0.15, 0.2) is 0 Å². The number of nitrogens with one attached hydrogen (secondary N) is 1. The summed E-state index contributed by atoms with van der Waals surface area (Å²) < 4.78 is 0. The van der Waals surface area contributed by atoms with E-state index in [1.165, 1.54) is 0 Å². The molecule has 0 aliphatic carbocycles. The van der Waals surface area contributed by atoms with E-state index in [0.29, 0.717) is 19.4 Å². The fourth-order valence-corrected chi connectivity index (χ4v) is 1.98. The third kappa shape index (κ3) is 7.90. The van der Waals surface area contributed by atoms with Gasteiger partial charge in [-0.25, -0.2) is 4.79 Å². The molecule has 1 atom stereocenters. The number of thioether (sulfide) groups is 1. The van der Waals surface area contributed by atoms with Crippen molar-refractivity contribution in [2.45, 2.75) is 32.2 Å². The van der Waals surface area contributed by atoms with Crippen LogP contribution in [0, 0.1) is 0 Å². The van der Waals surface area contributed by atoms with E-state index in [-0.39, 0.29) is 18.5 Å². The molecule has 0 fully saturated rings. The van der Waals surface area contributed by atoms with Crippen LogP contribution in [0.25, 0.3) is 0 Å². The molecule has 0 heterocycles. The maximum atomic E-state index is 11.6. The largest absolute Gasteiger partial charge is 0.481 e. The Kier molecular flexibility index (Phi) is 8.66. The average Bonchev–Trinajstić information content (AvgIpc) is 2.27. The number of amides is 2. The number of carboxylic acid groups (broad SMARTS) is 1. The molecule has 2 N–H and O–H groups in total. The van der Waals surface area contributed by atoms with E-state index in [2.05, 4.69) is 5.32 Å². The molecule has 0 aromatic carbocycles. The molecule has 0 bridgehead atoms. The Hall–Kier alpha value is -0.910. The van der Waals surface area contributed by atoms with Crippen LogP contribution in [0.5, 0.6) is 0 Å². The summed E-state index contributed by atoms with van der Waals surface area (Å²) >= 11 is 1.70. The molecule has 2 amide bonds. The van der Waals surface area contributed by atoms with Crippen LogP contribution in [0.1, 0.15) is 26.2 Å². The molecular weight excluding hydrogens is 240 g/mol. The Morgan fingerprint density at radius 2 is 2.06 bits per heavy atom. The number of urea groups is 1. The predicted octanol–water partition coefficient (Wildman–Crippen LogP) is 1.63. The molecule has 1 unspecified atom stereocenters. The fourth-order valence-electron chi connectivity index (χ4n) is 1.27. The molecule has 0 aromatic heterocycles. The van der Waals surface area contributed by atoms with Crippen molar-refractivity contribution in [1.29, 1.82) is 0 Å². The van der Waals surface area contributed by atoms with Gasteiger partial charge in [0.25, 0.3) is 0 Å². The van der Waals surface area contributed by atoms with Crippen LogP contribution >= 0.6 is 11.8 Å². The maximum absolute atomic E-state index is 11.6. The van der Waals surface area contributed by atoms with Gasteiger partial charge in [0, 0.05) is 31.8 Å². The Balaban J connectivity index is 3.67. The van der Waals surface area contributed by atoms with Gasteiger partial charge in [-0.2, -0.15) is 11.8 Å². The number of carbonyl (C=O) groups is 2. The van der Waals surface area contributed by atoms with E-state index in [1.54, 1.807) is 23.7 Å². The number of nitrogens with zero attached hydrogens (tertiary/aromatic N) is 1. The molecule has 0 aliphatic heterocycles.